The van der Waals surface area contributed by atoms with E-state index in [1.165, 1.54) is 0 Å². The fourth-order valence-corrected chi connectivity index (χ4v) is 3.76. The standard InChI is InChI=1S/C21H19N5O/c22-21-20-19(24-17(25-20)12-26-10-4-7-18(26)27)15-9-8-14(11-16(15)23-21)13-5-2-1-3-6-13/h1-3,5-6,8-9,11H,4,7,10,12H2,(H2,22,23)(H,24,25). The summed E-state index contributed by atoms with van der Waals surface area (Å²) < 4.78 is 0. The van der Waals surface area contributed by atoms with Gasteiger partial charge in [0.1, 0.15) is 11.3 Å². The number of nitrogens with two attached hydrogens (primary N) is 1. The first kappa shape index (κ1) is 15.8. The van der Waals surface area contributed by atoms with Crippen LogP contribution in [0.4, 0.5) is 5.82 Å². The second-order valence-electron chi connectivity index (χ2n) is 6.92. The Morgan fingerprint density at radius 2 is 1.93 bits per heavy atom. The molecule has 2 aromatic carbocycles. The molecule has 6 nitrogen and oxygen atoms in total. The topological polar surface area (TPSA) is 87.9 Å². The second-order valence-corrected chi connectivity index (χ2v) is 6.92. The van der Waals surface area contributed by atoms with Crippen molar-refractivity contribution in [2.45, 2.75) is 19.4 Å². The number of hydrogen-bond acceptors (Lipinski definition) is 4. The van der Waals surface area contributed by atoms with Crippen LogP contribution in [0.25, 0.3) is 33.1 Å². The number of aromatic nitrogens is 3. The lowest BCUT2D eigenvalue weighted by Gasteiger charge is -2.12. The van der Waals surface area contributed by atoms with Gasteiger partial charge in [0.05, 0.1) is 17.6 Å². The Balaban J connectivity index is 1.60. The third kappa shape index (κ3) is 2.70. The largest absolute Gasteiger partial charge is 0.382 e. The maximum Gasteiger partial charge on any atom is 0.223 e. The van der Waals surface area contributed by atoms with Crippen LogP contribution in [0.15, 0.2) is 48.5 Å². The fraction of sp³-hybridized carbons (Fsp3) is 0.190. The number of imidazole rings is 1. The number of anilines is 1. The van der Waals surface area contributed by atoms with Gasteiger partial charge in [0.15, 0.2) is 5.82 Å². The number of hydrogen-bond donors (Lipinski definition) is 2. The van der Waals surface area contributed by atoms with Crippen molar-refractivity contribution in [1.82, 2.24) is 19.9 Å². The second kappa shape index (κ2) is 6.09. The first-order valence-electron chi connectivity index (χ1n) is 9.10. The van der Waals surface area contributed by atoms with Crippen LogP contribution in [-0.2, 0) is 11.3 Å². The molecule has 0 atom stereocenters. The number of nitrogens with zero attached hydrogens (tertiary/aromatic N) is 3. The van der Waals surface area contributed by atoms with E-state index < -0.39 is 0 Å². The summed E-state index contributed by atoms with van der Waals surface area (Å²) in [6.07, 6.45) is 1.53. The summed E-state index contributed by atoms with van der Waals surface area (Å²) in [7, 11) is 0. The first-order chi connectivity index (χ1) is 13.2. The van der Waals surface area contributed by atoms with Crippen LogP contribution in [-0.4, -0.2) is 32.3 Å². The van der Waals surface area contributed by atoms with E-state index in [1.54, 1.807) is 0 Å². The van der Waals surface area contributed by atoms with Crippen molar-refractivity contribution in [1.29, 1.82) is 0 Å². The number of likely N-dealkylation sites (tertiary alicyclic amines) is 1. The maximum atomic E-state index is 11.9. The highest BCUT2D eigenvalue weighted by Gasteiger charge is 2.22. The van der Waals surface area contributed by atoms with Gasteiger partial charge in [-0.05, 0) is 23.6 Å². The van der Waals surface area contributed by atoms with Gasteiger partial charge in [-0.3, -0.25) is 4.79 Å². The summed E-state index contributed by atoms with van der Waals surface area (Å²) in [5, 5.41) is 0.977. The Kier molecular flexibility index (Phi) is 3.57. The Labute approximate surface area is 156 Å². The molecule has 0 radical (unpaired) electrons. The third-order valence-electron chi connectivity index (χ3n) is 5.12. The van der Waals surface area contributed by atoms with Gasteiger partial charge in [0.2, 0.25) is 5.91 Å². The van der Waals surface area contributed by atoms with Crippen molar-refractivity contribution in [2.24, 2.45) is 0 Å². The van der Waals surface area contributed by atoms with Crippen LogP contribution in [0.5, 0.6) is 0 Å². The van der Waals surface area contributed by atoms with Gasteiger partial charge in [-0.2, -0.15) is 0 Å². The van der Waals surface area contributed by atoms with Crippen molar-refractivity contribution in [3.05, 3.63) is 54.4 Å². The summed E-state index contributed by atoms with van der Waals surface area (Å²) in [6, 6.07) is 16.4. The van der Waals surface area contributed by atoms with Gasteiger partial charge < -0.3 is 15.6 Å². The smallest absolute Gasteiger partial charge is 0.223 e. The number of carbonyl (C=O) groups excluding carboxylic acids is 1. The zero-order valence-corrected chi connectivity index (χ0v) is 14.8. The SMILES string of the molecule is Nc1nc2cc(-c3ccccc3)ccc2c2[nH]c(CN3CCCC3=O)nc12. The van der Waals surface area contributed by atoms with E-state index in [1.807, 2.05) is 29.2 Å². The molecular formula is C21H19N5O. The molecule has 1 amide bonds. The zero-order chi connectivity index (χ0) is 18.4. The first-order valence-corrected chi connectivity index (χ1v) is 9.10. The molecule has 4 aromatic rings. The molecule has 0 bridgehead atoms. The van der Waals surface area contributed by atoms with E-state index in [0.717, 1.165) is 46.3 Å². The molecule has 134 valence electrons. The van der Waals surface area contributed by atoms with E-state index in [-0.39, 0.29) is 5.91 Å². The highest BCUT2D eigenvalue weighted by molar-refractivity contribution is 6.07. The van der Waals surface area contributed by atoms with E-state index in [2.05, 4.69) is 39.2 Å². The van der Waals surface area contributed by atoms with E-state index >= 15 is 0 Å². The third-order valence-corrected chi connectivity index (χ3v) is 5.12. The molecule has 3 heterocycles. The van der Waals surface area contributed by atoms with Gasteiger partial charge >= 0.3 is 0 Å². The Bertz CT molecular complexity index is 1170. The van der Waals surface area contributed by atoms with Crippen LogP contribution in [0, 0.1) is 0 Å². The molecule has 6 heteroatoms. The molecule has 1 saturated heterocycles. The van der Waals surface area contributed by atoms with Crippen molar-refractivity contribution in [3.8, 4) is 11.1 Å². The fourth-order valence-electron chi connectivity index (χ4n) is 3.76. The Morgan fingerprint density at radius 3 is 2.70 bits per heavy atom. The van der Waals surface area contributed by atoms with Crippen LogP contribution >= 0.6 is 0 Å². The maximum absolute atomic E-state index is 11.9. The lowest BCUT2D eigenvalue weighted by Crippen LogP contribution is -2.24. The van der Waals surface area contributed by atoms with Crippen molar-refractivity contribution >= 4 is 33.7 Å². The van der Waals surface area contributed by atoms with Gasteiger partial charge in [0, 0.05) is 18.4 Å². The van der Waals surface area contributed by atoms with Gasteiger partial charge in [-0.1, -0.05) is 42.5 Å². The van der Waals surface area contributed by atoms with Crippen molar-refractivity contribution in [2.75, 3.05) is 12.3 Å². The minimum atomic E-state index is 0.180. The lowest BCUT2D eigenvalue weighted by atomic mass is 10.0. The molecular weight excluding hydrogens is 338 g/mol. The molecule has 2 aromatic heterocycles. The molecule has 5 rings (SSSR count). The molecule has 3 N–H and O–H groups in total. The zero-order valence-electron chi connectivity index (χ0n) is 14.8. The molecule has 0 spiro atoms. The number of rotatable bonds is 3. The number of amides is 1. The summed E-state index contributed by atoms with van der Waals surface area (Å²) in [4.78, 5) is 26.3. The number of nitrogens with one attached hydrogen (secondary N) is 1. The molecule has 0 saturated carbocycles. The monoisotopic (exact) mass is 357 g/mol. The molecule has 1 aliphatic rings. The van der Waals surface area contributed by atoms with Gasteiger partial charge in [0.25, 0.3) is 0 Å². The average molecular weight is 357 g/mol. The number of nitrogen functional groups attached to an aromatic ring is 1. The van der Waals surface area contributed by atoms with Crippen LogP contribution in [0.3, 0.4) is 0 Å². The van der Waals surface area contributed by atoms with Crippen molar-refractivity contribution < 1.29 is 4.79 Å². The summed E-state index contributed by atoms with van der Waals surface area (Å²) >= 11 is 0. The van der Waals surface area contributed by atoms with Gasteiger partial charge in [-0.15, -0.1) is 0 Å². The molecule has 27 heavy (non-hydrogen) atoms. The van der Waals surface area contributed by atoms with Gasteiger partial charge in [-0.25, -0.2) is 9.97 Å². The number of carbonyl (C=O) groups is 1. The van der Waals surface area contributed by atoms with Crippen LogP contribution in [0.2, 0.25) is 0 Å². The number of aromatic amines is 1. The highest BCUT2D eigenvalue weighted by atomic mass is 16.2. The molecule has 1 fully saturated rings. The average Bonchev–Trinajstić information content (AvgIpc) is 3.29. The number of fused-ring (bicyclic) bond motifs is 3. The quantitative estimate of drug-likeness (QED) is 0.587. The minimum absolute atomic E-state index is 0.180. The molecule has 0 unspecified atom stereocenters. The Hall–Kier alpha value is -3.41. The highest BCUT2D eigenvalue weighted by Crippen LogP contribution is 2.30. The number of pyridine rings is 1. The number of benzene rings is 2. The molecule has 1 aliphatic heterocycles. The van der Waals surface area contributed by atoms with Crippen LogP contribution < -0.4 is 5.73 Å². The predicted octanol–water partition coefficient (Wildman–Crippen LogP) is 3.48. The summed E-state index contributed by atoms with van der Waals surface area (Å²) in [6.45, 7) is 1.27. The van der Waals surface area contributed by atoms with E-state index in [9.17, 15) is 4.79 Å². The molecule has 0 aliphatic carbocycles. The number of H-pyrrole nitrogens is 1. The van der Waals surface area contributed by atoms with Crippen LogP contribution in [0.1, 0.15) is 18.7 Å². The Morgan fingerprint density at radius 1 is 1.07 bits per heavy atom. The van der Waals surface area contributed by atoms with Crippen molar-refractivity contribution in [3.63, 3.8) is 0 Å². The van der Waals surface area contributed by atoms with E-state index in [4.69, 9.17) is 5.73 Å². The predicted molar refractivity (Wildman–Crippen MR) is 106 cm³/mol. The van der Waals surface area contributed by atoms with E-state index in [0.29, 0.717) is 24.3 Å². The normalized spacial score (nSPS) is 14.5. The minimum Gasteiger partial charge on any atom is -0.382 e. The lowest BCUT2D eigenvalue weighted by molar-refractivity contribution is -0.128. The summed E-state index contributed by atoms with van der Waals surface area (Å²) in [5.41, 5.74) is 10.8. The summed E-state index contributed by atoms with van der Waals surface area (Å²) in [5.74, 6) is 1.32.